The summed E-state index contributed by atoms with van der Waals surface area (Å²) in [6, 6.07) is 7.45. The fraction of sp³-hybridized carbons (Fsp3) is 0.647. The quantitative estimate of drug-likeness (QED) is 0.875. The van der Waals surface area contributed by atoms with Gasteiger partial charge in [-0.15, -0.1) is 0 Å². The lowest BCUT2D eigenvalue weighted by atomic mass is 10.00. The molecule has 0 amide bonds. The number of rotatable bonds is 5. The van der Waals surface area contributed by atoms with E-state index in [1.165, 1.54) is 24.8 Å². The predicted octanol–water partition coefficient (Wildman–Crippen LogP) is 3.17. The highest BCUT2D eigenvalue weighted by atomic mass is 15.2. The van der Waals surface area contributed by atoms with Crippen LogP contribution in [0.5, 0.6) is 0 Å². The van der Waals surface area contributed by atoms with Crippen LogP contribution >= 0.6 is 0 Å². The van der Waals surface area contributed by atoms with Crippen LogP contribution in [0.3, 0.4) is 0 Å². The van der Waals surface area contributed by atoms with Crippen molar-refractivity contribution in [3.05, 3.63) is 34.9 Å². The lowest BCUT2D eigenvalue weighted by Crippen LogP contribution is -2.47. The van der Waals surface area contributed by atoms with E-state index in [4.69, 9.17) is 0 Å². The Labute approximate surface area is 118 Å². The van der Waals surface area contributed by atoms with Gasteiger partial charge >= 0.3 is 0 Å². The molecule has 106 valence electrons. The topological polar surface area (TPSA) is 15.3 Å². The van der Waals surface area contributed by atoms with Crippen LogP contribution in [0.15, 0.2) is 18.2 Å². The zero-order chi connectivity index (χ0) is 14.0. The van der Waals surface area contributed by atoms with Gasteiger partial charge in [-0.2, -0.15) is 0 Å². The fourth-order valence-corrected chi connectivity index (χ4v) is 2.54. The predicted molar refractivity (Wildman–Crippen MR) is 82.7 cm³/mol. The molecule has 0 bridgehead atoms. The van der Waals surface area contributed by atoms with Gasteiger partial charge in [0.1, 0.15) is 0 Å². The maximum atomic E-state index is 3.67. The summed E-state index contributed by atoms with van der Waals surface area (Å²) in [6.07, 6.45) is 3.86. The minimum absolute atomic E-state index is 0.186. The molecule has 0 saturated carbocycles. The SMILES string of the molecule is CC(NCC(C)(C)N(C)C)c1ccc2c(c1)CCC2. The smallest absolute Gasteiger partial charge is 0.0292 e. The van der Waals surface area contributed by atoms with Crippen LogP contribution in [0, 0.1) is 0 Å². The molecule has 1 unspecified atom stereocenters. The number of hydrogen-bond donors (Lipinski definition) is 1. The van der Waals surface area contributed by atoms with E-state index in [9.17, 15) is 0 Å². The van der Waals surface area contributed by atoms with Crippen LogP contribution < -0.4 is 5.32 Å². The molecule has 1 atom stereocenters. The van der Waals surface area contributed by atoms with Gasteiger partial charge in [-0.25, -0.2) is 0 Å². The third-order valence-electron chi connectivity index (χ3n) is 4.67. The molecule has 0 aromatic heterocycles. The van der Waals surface area contributed by atoms with Crippen molar-refractivity contribution in [1.29, 1.82) is 0 Å². The van der Waals surface area contributed by atoms with Crippen molar-refractivity contribution >= 4 is 0 Å². The Morgan fingerprint density at radius 1 is 1.21 bits per heavy atom. The van der Waals surface area contributed by atoms with E-state index in [-0.39, 0.29) is 5.54 Å². The van der Waals surface area contributed by atoms with Crippen LogP contribution in [0.25, 0.3) is 0 Å². The number of aryl methyl sites for hydroxylation is 2. The summed E-state index contributed by atoms with van der Waals surface area (Å²) in [6.45, 7) is 7.81. The molecule has 0 radical (unpaired) electrons. The minimum Gasteiger partial charge on any atom is -0.308 e. The molecule has 0 saturated heterocycles. The molecular weight excluding hydrogens is 232 g/mol. The first-order valence-electron chi connectivity index (χ1n) is 7.42. The average Bonchev–Trinajstić information content (AvgIpc) is 2.82. The number of fused-ring (bicyclic) bond motifs is 1. The fourth-order valence-electron chi connectivity index (χ4n) is 2.54. The van der Waals surface area contributed by atoms with Crippen molar-refractivity contribution in [2.24, 2.45) is 0 Å². The number of nitrogens with zero attached hydrogens (tertiary/aromatic N) is 1. The Hall–Kier alpha value is -0.860. The van der Waals surface area contributed by atoms with E-state index in [0.29, 0.717) is 6.04 Å². The van der Waals surface area contributed by atoms with Gasteiger partial charge in [-0.1, -0.05) is 18.2 Å². The first-order chi connectivity index (χ1) is 8.90. The molecule has 1 aromatic rings. The zero-order valence-electron chi connectivity index (χ0n) is 13.1. The molecule has 0 aliphatic heterocycles. The van der Waals surface area contributed by atoms with Crippen LogP contribution in [-0.4, -0.2) is 31.1 Å². The molecule has 2 nitrogen and oxygen atoms in total. The third-order valence-corrected chi connectivity index (χ3v) is 4.67. The maximum Gasteiger partial charge on any atom is 0.0292 e. The number of likely N-dealkylation sites (N-methyl/N-ethyl adjacent to an activating group) is 1. The van der Waals surface area contributed by atoms with E-state index in [1.807, 2.05) is 0 Å². The summed E-state index contributed by atoms with van der Waals surface area (Å²) < 4.78 is 0. The highest BCUT2D eigenvalue weighted by Gasteiger charge is 2.21. The highest BCUT2D eigenvalue weighted by molar-refractivity contribution is 5.36. The van der Waals surface area contributed by atoms with Crippen molar-refractivity contribution in [3.63, 3.8) is 0 Å². The molecule has 1 N–H and O–H groups in total. The van der Waals surface area contributed by atoms with Gasteiger partial charge < -0.3 is 10.2 Å². The maximum absolute atomic E-state index is 3.67. The Morgan fingerprint density at radius 2 is 1.89 bits per heavy atom. The van der Waals surface area contributed by atoms with Gasteiger partial charge in [-0.05, 0) is 70.8 Å². The van der Waals surface area contributed by atoms with Crippen molar-refractivity contribution in [2.75, 3.05) is 20.6 Å². The zero-order valence-corrected chi connectivity index (χ0v) is 13.1. The monoisotopic (exact) mass is 260 g/mol. The normalized spacial score (nSPS) is 16.7. The second-order valence-corrected chi connectivity index (χ2v) is 6.69. The minimum atomic E-state index is 0.186. The number of benzene rings is 1. The van der Waals surface area contributed by atoms with Gasteiger partial charge in [0.05, 0.1) is 0 Å². The summed E-state index contributed by atoms with van der Waals surface area (Å²) in [5.41, 5.74) is 4.74. The lowest BCUT2D eigenvalue weighted by molar-refractivity contribution is 0.185. The van der Waals surface area contributed by atoms with Gasteiger partial charge in [0.2, 0.25) is 0 Å². The van der Waals surface area contributed by atoms with Crippen molar-refractivity contribution < 1.29 is 0 Å². The molecule has 0 spiro atoms. The van der Waals surface area contributed by atoms with E-state index in [1.54, 1.807) is 11.1 Å². The molecule has 2 heteroatoms. The number of hydrogen-bond acceptors (Lipinski definition) is 2. The largest absolute Gasteiger partial charge is 0.308 e. The highest BCUT2D eigenvalue weighted by Crippen LogP contribution is 2.25. The molecule has 0 fully saturated rings. The van der Waals surface area contributed by atoms with Gasteiger partial charge in [-0.3, -0.25) is 0 Å². The second kappa shape index (κ2) is 5.64. The van der Waals surface area contributed by atoms with E-state index < -0.39 is 0 Å². The van der Waals surface area contributed by atoms with Crippen molar-refractivity contribution in [3.8, 4) is 0 Å². The molecule has 2 rings (SSSR count). The molecule has 1 aliphatic rings. The Morgan fingerprint density at radius 3 is 2.58 bits per heavy atom. The molecular formula is C17H28N2. The first kappa shape index (κ1) is 14.5. The average molecular weight is 260 g/mol. The van der Waals surface area contributed by atoms with Gasteiger partial charge in [0, 0.05) is 18.1 Å². The summed E-state index contributed by atoms with van der Waals surface area (Å²) in [5, 5.41) is 3.67. The van der Waals surface area contributed by atoms with E-state index in [2.05, 4.69) is 63.3 Å². The van der Waals surface area contributed by atoms with Crippen LogP contribution in [-0.2, 0) is 12.8 Å². The Balaban J connectivity index is 1.99. The van der Waals surface area contributed by atoms with E-state index >= 15 is 0 Å². The second-order valence-electron chi connectivity index (χ2n) is 6.69. The van der Waals surface area contributed by atoms with Crippen molar-refractivity contribution in [1.82, 2.24) is 10.2 Å². The van der Waals surface area contributed by atoms with Gasteiger partial charge in [0.25, 0.3) is 0 Å². The summed E-state index contributed by atoms with van der Waals surface area (Å²) in [4.78, 5) is 2.27. The Kier molecular flexibility index (Phi) is 4.32. The molecule has 0 heterocycles. The van der Waals surface area contributed by atoms with Gasteiger partial charge in [0.15, 0.2) is 0 Å². The first-order valence-corrected chi connectivity index (χ1v) is 7.42. The van der Waals surface area contributed by atoms with E-state index in [0.717, 1.165) is 6.54 Å². The Bertz CT molecular complexity index is 435. The lowest BCUT2D eigenvalue weighted by Gasteiger charge is -2.34. The van der Waals surface area contributed by atoms with Crippen LogP contribution in [0.2, 0.25) is 0 Å². The summed E-state index contributed by atoms with van der Waals surface area (Å²) >= 11 is 0. The summed E-state index contributed by atoms with van der Waals surface area (Å²) in [7, 11) is 4.28. The van der Waals surface area contributed by atoms with Crippen molar-refractivity contribution in [2.45, 2.75) is 51.6 Å². The molecule has 1 aliphatic carbocycles. The standard InChI is InChI=1S/C17H28N2/c1-13(18-12-17(2,3)19(4)5)15-10-9-14-7-6-8-16(14)11-15/h9-11,13,18H,6-8,12H2,1-5H3. The summed E-state index contributed by atoms with van der Waals surface area (Å²) in [5.74, 6) is 0. The molecule has 19 heavy (non-hydrogen) atoms. The molecule has 1 aromatic carbocycles. The van der Waals surface area contributed by atoms with Crippen LogP contribution in [0.4, 0.5) is 0 Å². The van der Waals surface area contributed by atoms with Crippen LogP contribution in [0.1, 0.15) is 49.9 Å². The third kappa shape index (κ3) is 3.37. The number of nitrogens with one attached hydrogen (secondary N) is 1.